The number of aromatic nitrogens is 1. The van der Waals surface area contributed by atoms with Crippen molar-refractivity contribution in [3.63, 3.8) is 0 Å². The minimum absolute atomic E-state index is 0. The zero-order valence-electron chi connectivity index (χ0n) is 14.3. The van der Waals surface area contributed by atoms with E-state index in [0.29, 0.717) is 0 Å². The minimum Gasteiger partial charge on any atom is -0.497 e. The van der Waals surface area contributed by atoms with E-state index < -0.39 is 0 Å². The summed E-state index contributed by atoms with van der Waals surface area (Å²) in [5.41, 5.74) is 8.54. The first-order valence-corrected chi connectivity index (χ1v) is 8.50. The molecule has 0 saturated carbocycles. The predicted octanol–water partition coefficient (Wildman–Crippen LogP) is 5.46. The van der Waals surface area contributed by atoms with E-state index in [1.54, 1.807) is 24.7 Å². The number of methoxy groups -OCH3 is 1. The number of benzene rings is 2. The number of nitrogens with zero attached hydrogens (tertiary/aromatic N) is 2. The van der Waals surface area contributed by atoms with Crippen LogP contribution in [0.1, 0.15) is 16.7 Å². The van der Waals surface area contributed by atoms with Crippen LogP contribution in [0.4, 0.5) is 5.13 Å². The minimum atomic E-state index is 0. The average molecular weight is 418 g/mol. The molecule has 3 aromatic rings. The van der Waals surface area contributed by atoms with Gasteiger partial charge in [-0.1, -0.05) is 29.8 Å². The third-order valence-electron chi connectivity index (χ3n) is 3.64. The first-order valence-electron chi connectivity index (χ1n) is 7.62. The van der Waals surface area contributed by atoms with Crippen LogP contribution in [0, 0.1) is 13.8 Å². The number of ether oxygens (including phenoxy) is 1. The molecule has 0 fully saturated rings. The molecule has 1 heterocycles. The highest BCUT2D eigenvalue weighted by Gasteiger charge is 2.07. The second kappa shape index (κ2) is 8.78. The molecule has 130 valence electrons. The molecule has 0 radical (unpaired) electrons. The highest BCUT2D eigenvalue weighted by molar-refractivity contribution is 8.93. The Morgan fingerprint density at radius 2 is 2.00 bits per heavy atom. The summed E-state index contributed by atoms with van der Waals surface area (Å²) in [6.45, 7) is 4.19. The molecule has 0 aliphatic carbocycles. The van der Waals surface area contributed by atoms with Crippen LogP contribution < -0.4 is 10.2 Å². The van der Waals surface area contributed by atoms with E-state index in [4.69, 9.17) is 4.74 Å². The van der Waals surface area contributed by atoms with Crippen LogP contribution in [0.3, 0.4) is 0 Å². The Morgan fingerprint density at radius 1 is 1.16 bits per heavy atom. The van der Waals surface area contributed by atoms with Crippen molar-refractivity contribution in [2.75, 3.05) is 12.5 Å². The first-order chi connectivity index (χ1) is 11.7. The Labute approximate surface area is 162 Å². The van der Waals surface area contributed by atoms with E-state index in [2.05, 4.69) is 47.6 Å². The van der Waals surface area contributed by atoms with E-state index in [0.717, 1.165) is 27.7 Å². The first kappa shape index (κ1) is 19.1. The van der Waals surface area contributed by atoms with Crippen molar-refractivity contribution in [2.45, 2.75) is 13.8 Å². The molecule has 3 rings (SSSR count). The molecule has 0 saturated heterocycles. The standard InChI is InChI=1S/C19H19N3OS.BrH/c1-13-7-8-14(2)17(9-13)18-12-24-19(21-18)22-20-11-15-5-4-6-16(10-15)23-3;/h4-12H,1-3H3,(H,21,22);1H/b20-11+;. The van der Waals surface area contributed by atoms with Gasteiger partial charge >= 0.3 is 0 Å². The fourth-order valence-corrected chi connectivity index (χ4v) is 3.00. The SMILES string of the molecule is Br.COc1cccc(/C=N/Nc2nc(-c3cc(C)ccc3C)cs2)c1. The highest BCUT2D eigenvalue weighted by Crippen LogP contribution is 2.28. The van der Waals surface area contributed by atoms with E-state index >= 15 is 0 Å². The van der Waals surface area contributed by atoms with Crippen LogP contribution in [-0.4, -0.2) is 18.3 Å². The molecule has 0 amide bonds. The van der Waals surface area contributed by atoms with Crippen LogP contribution in [0.2, 0.25) is 0 Å². The Kier molecular flexibility index (Phi) is 6.73. The fraction of sp³-hybridized carbons (Fsp3) is 0.158. The van der Waals surface area contributed by atoms with Gasteiger partial charge < -0.3 is 4.74 Å². The van der Waals surface area contributed by atoms with Gasteiger partial charge in [0.15, 0.2) is 0 Å². The van der Waals surface area contributed by atoms with Gasteiger partial charge in [-0.25, -0.2) is 4.98 Å². The Hall–Kier alpha value is -2.18. The van der Waals surface area contributed by atoms with Crippen molar-refractivity contribution in [3.05, 3.63) is 64.5 Å². The molecular weight excluding hydrogens is 398 g/mol. The lowest BCUT2D eigenvalue weighted by atomic mass is 10.0. The highest BCUT2D eigenvalue weighted by atomic mass is 79.9. The van der Waals surface area contributed by atoms with Gasteiger partial charge in [0, 0.05) is 10.9 Å². The molecule has 2 aromatic carbocycles. The van der Waals surface area contributed by atoms with Crippen molar-refractivity contribution >= 4 is 39.7 Å². The summed E-state index contributed by atoms with van der Waals surface area (Å²) in [5.74, 6) is 0.811. The molecule has 0 atom stereocenters. The summed E-state index contributed by atoms with van der Waals surface area (Å²) in [6.07, 6.45) is 1.75. The summed E-state index contributed by atoms with van der Waals surface area (Å²) in [5, 5.41) is 7.07. The molecule has 25 heavy (non-hydrogen) atoms. The largest absolute Gasteiger partial charge is 0.497 e. The monoisotopic (exact) mass is 417 g/mol. The molecule has 1 N–H and O–H groups in total. The number of nitrogens with one attached hydrogen (secondary N) is 1. The zero-order chi connectivity index (χ0) is 16.9. The predicted molar refractivity (Wildman–Crippen MR) is 112 cm³/mol. The number of hydrogen-bond donors (Lipinski definition) is 1. The third kappa shape index (κ3) is 4.90. The number of anilines is 1. The smallest absolute Gasteiger partial charge is 0.203 e. The second-order valence-corrected chi connectivity index (χ2v) is 6.36. The van der Waals surface area contributed by atoms with Gasteiger partial charge in [0.2, 0.25) is 5.13 Å². The van der Waals surface area contributed by atoms with Crippen molar-refractivity contribution in [1.82, 2.24) is 4.98 Å². The summed E-state index contributed by atoms with van der Waals surface area (Å²) in [4.78, 5) is 4.62. The van der Waals surface area contributed by atoms with Crippen molar-refractivity contribution in [3.8, 4) is 17.0 Å². The molecule has 0 bridgehead atoms. The molecule has 4 nitrogen and oxygen atoms in total. The van der Waals surface area contributed by atoms with Gasteiger partial charge in [-0.3, -0.25) is 5.43 Å². The molecule has 0 unspecified atom stereocenters. The second-order valence-electron chi connectivity index (χ2n) is 5.50. The molecule has 6 heteroatoms. The number of halogens is 1. The van der Waals surface area contributed by atoms with Gasteiger partial charge in [-0.15, -0.1) is 28.3 Å². The lowest BCUT2D eigenvalue weighted by Gasteiger charge is -2.03. The van der Waals surface area contributed by atoms with Crippen LogP contribution in [0.5, 0.6) is 5.75 Å². The van der Waals surface area contributed by atoms with Crippen LogP contribution in [0.25, 0.3) is 11.3 Å². The van der Waals surface area contributed by atoms with E-state index in [-0.39, 0.29) is 17.0 Å². The number of thiazole rings is 1. The van der Waals surface area contributed by atoms with Crippen molar-refractivity contribution < 1.29 is 4.74 Å². The Balaban J connectivity index is 0.00000225. The lowest BCUT2D eigenvalue weighted by molar-refractivity contribution is 0.415. The van der Waals surface area contributed by atoms with Gasteiger partial charge in [0.25, 0.3) is 0 Å². The van der Waals surface area contributed by atoms with Crippen LogP contribution in [0.15, 0.2) is 52.9 Å². The molecule has 0 aliphatic heterocycles. The summed E-state index contributed by atoms with van der Waals surface area (Å²) in [7, 11) is 1.65. The molecular formula is C19H20BrN3OS. The fourth-order valence-electron chi connectivity index (χ4n) is 2.34. The molecule has 0 aliphatic rings. The summed E-state index contributed by atoms with van der Waals surface area (Å²) in [6, 6.07) is 14.1. The average Bonchev–Trinajstić information content (AvgIpc) is 3.06. The lowest BCUT2D eigenvalue weighted by Crippen LogP contribution is -1.91. The van der Waals surface area contributed by atoms with Gasteiger partial charge in [0.1, 0.15) is 5.75 Å². The van der Waals surface area contributed by atoms with Crippen molar-refractivity contribution in [2.24, 2.45) is 5.10 Å². The van der Waals surface area contributed by atoms with Gasteiger partial charge in [0.05, 0.1) is 19.0 Å². The van der Waals surface area contributed by atoms with E-state index in [9.17, 15) is 0 Å². The van der Waals surface area contributed by atoms with Gasteiger partial charge in [-0.05, 0) is 43.2 Å². The number of hydrogen-bond acceptors (Lipinski definition) is 5. The van der Waals surface area contributed by atoms with E-state index in [1.165, 1.54) is 11.1 Å². The topological polar surface area (TPSA) is 46.5 Å². The normalized spacial score (nSPS) is 10.5. The number of hydrazone groups is 1. The number of rotatable bonds is 5. The Morgan fingerprint density at radius 3 is 2.80 bits per heavy atom. The maximum absolute atomic E-state index is 5.20. The van der Waals surface area contributed by atoms with Gasteiger partial charge in [-0.2, -0.15) is 5.10 Å². The zero-order valence-corrected chi connectivity index (χ0v) is 16.8. The molecule has 1 aromatic heterocycles. The summed E-state index contributed by atoms with van der Waals surface area (Å²) >= 11 is 1.54. The Bertz CT molecular complexity index is 877. The summed E-state index contributed by atoms with van der Waals surface area (Å²) < 4.78 is 5.20. The van der Waals surface area contributed by atoms with Crippen LogP contribution >= 0.6 is 28.3 Å². The van der Waals surface area contributed by atoms with Crippen LogP contribution in [-0.2, 0) is 0 Å². The van der Waals surface area contributed by atoms with E-state index in [1.807, 2.05) is 29.6 Å². The maximum Gasteiger partial charge on any atom is 0.203 e. The number of aryl methyl sites for hydroxylation is 2. The third-order valence-corrected chi connectivity index (χ3v) is 4.39. The quantitative estimate of drug-likeness (QED) is 0.442. The molecule has 0 spiro atoms. The van der Waals surface area contributed by atoms with Crippen molar-refractivity contribution in [1.29, 1.82) is 0 Å². The maximum atomic E-state index is 5.20.